The van der Waals surface area contributed by atoms with Gasteiger partial charge in [0.2, 0.25) is 0 Å². The Morgan fingerprint density at radius 1 is 0.923 bits per heavy atom. The molecule has 0 aromatic heterocycles. The van der Waals surface area contributed by atoms with Crippen molar-refractivity contribution >= 4 is 34.9 Å². The van der Waals surface area contributed by atoms with Gasteiger partial charge in [0.05, 0.1) is 10.0 Å². The van der Waals surface area contributed by atoms with Crippen LogP contribution in [0.3, 0.4) is 0 Å². The first-order valence-corrected chi connectivity index (χ1v) is 9.63. The molecule has 5 heteroatoms. The minimum absolute atomic E-state index is 0.0892. The molecule has 0 saturated carbocycles. The molecule has 1 fully saturated rings. The van der Waals surface area contributed by atoms with Crippen molar-refractivity contribution in [1.29, 1.82) is 0 Å². The predicted octanol–water partition coefficient (Wildman–Crippen LogP) is 5.51. The molecule has 1 amide bonds. The van der Waals surface area contributed by atoms with Crippen LogP contribution in [-0.2, 0) is 0 Å². The van der Waals surface area contributed by atoms with E-state index in [4.69, 9.17) is 23.2 Å². The summed E-state index contributed by atoms with van der Waals surface area (Å²) in [6.07, 6.45) is 3.21. The van der Waals surface area contributed by atoms with E-state index in [1.165, 1.54) is 0 Å². The van der Waals surface area contributed by atoms with Crippen LogP contribution in [0.1, 0.15) is 46.4 Å². The average molecular weight is 390 g/mol. The predicted molar refractivity (Wildman–Crippen MR) is 105 cm³/mol. The summed E-state index contributed by atoms with van der Waals surface area (Å²) in [5.41, 5.74) is 1.34. The lowest BCUT2D eigenvalue weighted by molar-refractivity contribution is 0.0681. The first kappa shape index (κ1) is 18.9. The highest BCUT2D eigenvalue weighted by Crippen LogP contribution is 2.26. The normalized spacial score (nSPS) is 15.1. The number of ketones is 1. The van der Waals surface area contributed by atoms with E-state index in [-0.39, 0.29) is 11.7 Å². The van der Waals surface area contributed by atoms with Gasteiger partial charge in [0.1, 0.15) is 0 Å². The van der Waals surface area contributed by atoms with Crippen molar-refractivity contribution in [2.45, 2.75) is 25.7 Å². The Morgan fingerprint density at radius 3 is 2.27 bits per heavy atom. The molecular weight excluding hydrogens is 369 g/mol. The molecule has 1 heterocycles. The van der Waals surface area contributed by atoms with Crippen molar-refractivity contribution in [2.75, 3.05) is 13.1 Å². The van der Waals surface area contributed by atoms with E-state index in [2.05, 4.69) is 0 Å². The van der Waals surface area contributed by atoms with E-state index >= 15 is 0 Å². The molecule has 0 aliphatic carbocycles. The van der Waals surface area contributed by atoms with Crippen LogP contribution in [0.2, 0.25) is 10.0 Å². The lowest BCUT2D eigenvalue weighted by Gasteiger charge is -2.32. The molecule has 3 rings (SSSR count). The van der Waals surface area contributed by atoms with Crippen molar-refractivity contribution in [3.8, 4) is 0 Å². The number of nitrogens with zero attached hydrogens (tertiary/aromatic N) is 1. The van der Waals surface area contributed by atoms with Gasteiger partial charge in [0.15, 0.2) is 5.78 Å². The quantitative estimate of drug-likeness (QED) is 0.632. The molecule has 0 radical (unpaired) electrons. The molecule has 0 spiro atoms. The van der Waals surface area contributed by atoms with Crippen LogP contribution in [0.5, 0.6) is 0 Å². The number of carbonyl (C=O) groups is 2. The molecule has 3 nitrogen and oxygen atoms in total. The number of halogens is 2. The van der Waals surface area contributed by atoms with E-state index in [1.54, 1.807) is 18.2 Å². The second-order valence-electron chi connectivity index (χ2n) is 6.69. The number of carbonyl (C=O) groups excluding carboxylic acids is 2. The van der Waals surface area contributed by atoms with E-state index in [0.29, 0.717) is 27.9 Å². The first-order chi connectivity index (χ1) is 12.5. The molecule has 1 saturated heterocycles. The van der Waals surface area contributed by atoms with Crippen molar-refractivity contribution in [1.82, 2.24) is 4.90 Å². The van der Waals surface area contributed by atoms with E-state index in [0.717, 1.165) is 37.9 Å². The highest BCUT2D eigenvalue weighted by molar-refractivity contribution is 6.42. The SMILES string of the molecule is O=C(CCC1CCN(C(=O)c2ccccc2)CC1)c1ccc(Cl)c(Cl)c1. The van der Waals surface area contributed by atoms with Crippen molar-refractivity contribution in [3.63, 3.8) is 0 Å². The zero-order valence-corrected chi connectivity index (χ0v) is 16.0. The monoisotopic (exact) mass is 389 g/mol. The first-order valence-electron chi connectivity index (χ1n) is 8.87. The maximum atomic E-state index is 12.5. The Bertz CT molecular complexity index is 784. The summed E-state index contributed by atoms with van der Waals surface area (Å²) < 4.78 is 0. The summed E-state index contributed by atoms with van der Waals surface area (Å²) in [5.74, 6) is 0.656. The highest BCUT2D eigenvalue weighted by Gasteiger charge is 2.24. The van der Waals surface area contributed by atoms with Crippen LogP contribution >= 0.6 is 23.2 Å². The molecule has 136 valence electrons. The molecule has 2 aromatic rings. The Balaban J connectivity index is 1.47. The number of amides is 1. The molecule has 1 aliphatic rings. The molecular formula is C21H21Cl2NO2. The van der Waals surface area contributed by atoms with Gasteiger partial charge in [-0.2, -0.15) is 0 Å². The lowest BCUT2D eigenvalue weighted by Crippen LogP contribution is -2.38. The van der Waals surface area contributed by atoms with Gasteiger partial charge >= 0.3 is 0 Å². The molecule has 1 aliphatic heterocycles. The fourth-order valence-corrected chi connectivity index (χ4v) is 3.64. The minimum Gasteiger partial charge on any atom is -0.339 e. The number of Topliss-reactive ketones (excluding diaryl/α,β-unsaturated/α-hetero) is 1. The Hall–Kier alpha value is -1.84. The number of rotatable bonds is 5. The van der Waals surface area contributed by atoms with Gasteiger partial charge in [-0.3, -0.25) is 9.59 Å². The second kappa shape index (κ2) is 8.70. The maximum absolute atomic E-state index is 12.5. The third kappa shape index (κ3) is 4.66. The van der Waals surface area contributed by atoms with Gasteiger partial charge < -0.3 is 4.90 Å². The second-order valence-corrected chi connectivity index (χ2v) is 7.51. The summed E-state index contributed by atoms with van der Waals surface area (Å²) in [6, 6.07) is 14.4. The molecule has 0 unspecified atom stereocenters. The van der Waals surface area contributed by atoms with Gasteiger partial charge in [0.25, 0.3) is 5.91 Å². The molecule has 26 heavy (non-hydrogen) atoms. The Labute approximate surface area is 163 Å². The third-order valence-corrected chi connectivity index (χ3v) is 5.68. The summed E-state index contributed by atoms with van der Waals surface area (Å²) in [5, 5.41) is 0.865. The van der Waals surface area contributed by atoms with Crippen LogP contribution in [0, 0.1) is 5.92 Å². The molecule has 0 atom stereocenters. The fourth-order valence-electron chi connectivity index (χ4n) is 3.34. The van der Waals surface area contributed by atoms with Crippen molar-refractivity contribution in [2.24, 2.45) is 5.92 Å². The van der Waals surface area contributed by atoms with Crippen LogP contribution in [0.4, 0.5) is 0 Å². The number of hydrogen-bond donors (Lipinski definition) is 0. The van der Waals surface area contributed by atoms with Gasteiger partial charge in [-0.1, -0.05) is 41.4 Å². The number of likely N-dealkylation sites (tertiary alicyclic amines) is 1. The standard InChI is InChI=1S/C21H21Cl2NO2/c22-18-8-7-17(14-19(18)23)20(25)9-6-15-10-12-24(13-11-15)21(26)16-4-2-1-3-5-16/h1-5,7-8,14-15H,6,9-13H2. The Morgan fingerprint density at radius 2 is 1.62 bits per heavy atom. The minimum atomic E-state index is 0.0892. The lowest BCUT2D eigenvalue weighted by atomic mass is 9.90. The van der Waals surface area contributed by atoms with Crippen LogP contribution in [0.15, 0.2) is 48.5 Å². The van der Waals surface area contributed by atoms with Gasteiger partial charge in [-0.15, -0.1) is 0 Å². The number of hydrogen-bond acceptors (Lipinski definition) is 2. The zero-order chi connectivity index (χ0) is 18.5. The van der Waals surface area contributed by atoms with Crippen LogP contribution < -0.4 is 0 Å². The average Bonchev–Trinajstić information content (AvgIpc) is 2.68. The van der Waals surface area contributed by atoms with Crippen molar-refractivity contribution < 1.29 is 9.59 Å². The summed E-state index contributed by atoms with van der Waals surface area (Å²) in [4.78, 5) is 26.7. The largest absolute Gasteiger partial charge is 0.339 e. The van der Waals surface area contributed by atoms with E-state index in [1.807, 2.05) is 35.2 Å². The summed E-state index contributed by atoms with van der Waals surface area (Å²) in [7, 11) is 0. The third-order valence-electron chi connectivity index (χ3n) is 4.94. The summed E-state index contributed by atoms with van der Waals surface area (Å²) in [6.45, 7) is 1.50. The zero-order valence-electron chi connectivity index (χ0n) is 14.5. The van der Waals surface area contributed by atoms with Crippen molar-refractivity contribution in [3.05, 3.63) is 69.7 Å². The maximum Gasteiger partial charge on any atom is 0.253 e. The van der Waals surface area contributed by atoms with E-state index < -0.39 is 0 Å². The van der Waals surface area contributed by atoms with Gasteiger partial charge in [-0.25, -0.2) is 0 Å². The molecule has 2 aromatic carbocycles. The topological polar surface area (TPSA) is 37.4 Å². The fraction of sp³-hybridized carbons (Fsp3) is 0.333. The Kier molecular flexibility index (Phi) is 6.33. The smallest absolute Gasteiger partial charge is 0.253 e. The van der Waals surface area contributed by atoms with Gasteiger partial charge in [0, 0.05) is 30.6 Å². The van der Waals surface area contributed by atoms with Crippen LogP contribution in [-0.4, -0.2) is 29.7 Å². The number of piperidine rings is 1. The number of benzene rings is 2. The highest BCUT2D eigenvalue weighted by atomic mass is 35.5. The molecule has 0 N–H and O–H groups in total. The van der Waals surface area contributed by atoms with Crippen LogP contribution in [0.25, 0.3) is 0 Å². The molecule has 0 bridgehead atoms. The summed E-state index contributed by atoms with van der Waals surface area (Å²) >= 11 is 11.9. The van der Waals surface area contributed by atoms with E-state index in [9.17, 15) is 9.59 Å². The van der Waals surface area contributed by atoms with Gasteiger partial charge in [-0.05, 0) is 55.5 Å².